The molecule has 1 heterocycles. The van der Waals surface area contributed by atoms with Crippen molar-refractivity contribution in [2.24, 2.45) is 7.05 Å². The van der Waals surface area contributed by atoms with E-state index in [9.17, 15) is 0 Å². The lowest BCUT2D eigenvalue weighted by molar-refractivity contribution is 0.780. The predicted octanol–water partition coefficient (Wildman–Crippen LogP) is 3.07. The van der Waals surface area contributed by atoms with Gasteiger partial charge in [-0.2, -0.15) is 5.10 Å². The molecule has 2 aromatic rings. The normalized spacial score (nSPS) is 11.0. The molecule has 0 saturated carbocycles. The lowest BCUT2D eigenvalue weighted by Crippen LogP contribution is -1.89. The first-order chi connectivity index (χ1) is 6.22. The van der Waals surface area contributed by atoms with Gasteiger partial charge in [0.15, 0.2) is 0 Å². The highest BCUT2D eigenvalue weighted by Gasteiger charge is 2.06. The van der Waals surface area contributed by atoms with Crippen LogP contribution in [0.25, 0.3) is 10.9 Å². The number of benzene rings is 1. The standard InChI is InChI=1S/C9H8BrClN2/c1-13-9-4-6(10)2-3-7(9)8(5-11)12-13/h2-4H,5H2,1H3. The number of fused-ring (bicyclic) bond motifs is 1. The van der Waals surface area contributed by atoms with Crippen molar-refractivity contribution in [1.82, 2.24) is 9.78 Å². The largest absolute Gasteiger partial charge is 0.268 e. The zero-order valence-electron chi connectivity index (χ0n) is 7.09. The Labute approximate surface area is 89.6 Å². The minimum Gasteiger partial charge on any atom is -0.268 e. The van der Waals surface area contributed by atoms with Crippen molar-refractivity contribution >= 4 is 38.4 Å². The Hall–Kier alpha value is -0.540. The fourth-order valence-electron chi connectivity index (χ4n) is 1.40. The van der Waals surface area contributed by atoms with Crippen LogP contribution in [0.5, 0.6) is 0 Å². The molecule has 0 fully saturated rings. The zero-order chi connectivity index (χ0) is 9.42. The maximum absolute atomic E-state index is 5.77. The number of nitrogens with zero attached hydrogens (tertiary/aromatic N) is 2. The maximum Gasteiger partial charge on any atom is 0.0850 e. The second-order valence-electron chi connectivity index (χ2n) is 2.87. The van der Waals surface area contributed by atoms with Gasteiger partial charge in [0.1, 0.15) is 0 Å². The molecule has 0 amide bonds. The summed E-state index contributed by atoms with van der Waals surface area (Å²) in [5.74, 6) is 0.457. The van der Waals surface area contributed by atoms with Crippen molar-refractivity contribution < 1.29 is 0 Å². The van der Waals surface area contributed by atoms with Gasteiger partial charge in [-0.05, 0) is 18.2 Å². The lowest BCUT2D eigenvalue weighted by atomic mass is 10.2. The molecule has 0 bridgehead atoms. The van der Waals surface area contributed by atoms with Crippen LogP contribution in [0.3, 0.4) is 0 Å². The molecule has 1 aromatic heterocycles. The summed E-state index contributed by atoms with van der Waals surface area (Å²) in [5.41, 5.74) is 2.04. The third kappa shape index (κ3) is 1.46. The van der Waals surface area contributed by atoms with E-state index in [0.717, 1.165) is 21.1 Å². The van der Waals surface area contributed by atoms with Crippen molar-refractivity contribution in [2.75, 3.05) is 0 Å². The van der Waals surface area contributed by atoms with Gasteiger partial charge >= 0.3 is 0 Å². The van der Waals surface area contributed by atoms with Gasteiger partial charge in [0, 0.05) is 16.9 Å². The van der Waals surface area contributed by atoms with E-state index in [4.69, 9.17) is 11.6 Å². The first-order valence-corrected chi connectivity index (χ1v) is 5.22. The summed E-state index contributed by atoms with van der Waals surface area (Å²) in [6.45, 7) is 0. The topological polar surface area (TPSA) is 17.8 Å². The van der Waals surface area contributed by atoms with Crippen LogP contribution >= 0.6 is 27.5 Å². The number of hydrogen-bond acceptors (Lipinski definition) is 1. The van der Waals surface area contributed by atoms with Crippen LogP contribution in [0.15, 0.2) is 22.7 Å². The maximum atomic E-state index is 5.77. The Morgan fingerprint density at radius 2 is 2.31 bits per heavy atom. The summed E-state index contributed by atoms with van der Waals surface area (Å²) in [6, 6.07) is 6.07. The second kappa shape index (κ2) is 3.31. The summed E-state index contributed by atoms with van der Waals surface area (Å²) in [4.78, 5) is 0. The molecule has 4 heteroatoms. The van der Waals surface area contributed by atoms with Crippen LogP contribution in [0, 0.1) is 0 Å². The van der Waals surface area contributed by atoms with Crippen LogP contribution in [-0.2, 0) is 12.9 Å². The molecular weight excluding hydrogens is 251 g/mol. The SMILES string of the molecule is Cn1nc(CCl)c2ccc(Br)cc21. The van der Waals surface area contributed by atoms with Gasteiger partial charge < -0.3 is 0 Å². The van der Waals surface area contributed by atoms with E-state index in [1.165, 1.54) is 0 Å². The van der Waals surface area contributed by atoms with E-state index >= 15 is 0 Å². The van der Waals surface area contributed by atoms with E-state index in [1.54, 1.807) is 0 Å². The number of hydrogen-bond donors (Lipinski definition) is 0. The van der Waals surface area contributed by atoms with Crippen LogP contribution in [0.2, 0.25) is 0 Å². The van der Waals surface area contributed by atoms with Gasteiger partial charge in [0.2, 0.25) is 0 Å². The molecule has 0 unspecified atom stereocenters. The summed E-state index contributed by atoms with van der Waals surface area (Å²) in [7, 11) is 1.92. The summed E-state index contributed by atoms with van der Waals surface area (Å²) < 4.78 is 2.90. The number of halogens is 2. The molecule has 13 heavy (non-hydrogen) atoms. The minimum absolute atomic E-state index is 0.457. The lowest BCUT2D eigenvalue weighted by Gasteiger charge is -1.93. The molecule has 0 spiro atoms. The Morgan fingerprint density at radius 1 is 1.54 bits per heavy atom. The van der Waals surface area contributed by atoms with Gasteiger partial charge in [-0.15, -0.1) is 11.6 Å². The van der Waals surface area contributed by atoms with Crippen LogP contribution in [-0.4, -0.2) is 9.78 Å². The third-order valence-electron chi connectivity index (χ3n) is 2.02. The Bertz CT molecular complexity index is 450. The molecule has 0 N–H and O–H groups in total. The smallest absolute Gasteiger partial charge is 0.0850 e. The van der Waals surface area contributed by atoms with Crippen LogP contribution in [0.4, 0.5) is 0 Å². The first-order valence-electron chi connectivity index (χ1n) is 3.89. The summed E-state index contributed by atoms with van der Waals surface area (Å²) in [6.07, 6.45) is 0. The van der Waals surface area contributed by atoms with Crippen molar-refractivity contribution in [3.63, 3.8) is 0 Å². The van der Waals surface area contributed by atoms with E-state index in [0.29, 0.717) is 5.88 Å². The summed E-state index contributed by atoms with van der Waals surface area (Å²) in [5, 5.41) is 5.44. The molecule has 0 saturated heterocycles. The average Bonchev–Trinajstić information content (AvgIpc) is 2.43. The molecule has 0 aliphatic heterocycles. The van der Waals surface area contributed by atoms with Crippen molar-refractivity contribution in [2.45, 2.75) is 5.88 Å². The third-order valence-corrected chi connectivity index (χ3v) is 2.76. The number of alkyl halides is 1. The average molecular weight is 260 g/mol. The van der Waals surface area contributed by atoms with Crippen molar-refractivity contribution in [3.05, 3.63) is 28.4 Å². The van der Waals surface area contributed by atoms with Crippen molar-refractivity contribution in [3.8, 4) is 0 Å². The Morgan fingerprint density at radius 3 is 3.00 bits per heavy atom. The van der Waals surface area contributed by atoms with E-state index in [2.05, 4.69) is 21.0 Å². The molecule has 0 radical (unpaired) electrons. The Kier molecular flexibility index (Phi) is 2.30. The fraction of sp³-hybridized carbons (Fsp3) is 0.222. The van der Waals surface area contributed by atoms with E-state index < -0.39 is 0 Å². The monoisotopic (exact) mass is 258 g/mol. The van der Waals surface area contributed by atoms with Gasteiger partial charge in [-0.25, -0.2) is 0 Å². The molecule has 0 atom stereocenters. The molecular formula is C9H8BrClN2. The highest BCUT2D eigenvalue weighted by atomic mass is 79.9. The van der Waals surface area contributed by atoms with Crippen molar-refractivity contribution in [1.29, 1.82) is 0 Å². The van der Waals surface area contributed by atoms with E-state index in [1.807, 2.05) is 29.9 Å². The van der Waals surface area contributed by atoms with E-state index in [-0.39, 0.29) is 0 Å². The predicted molar refractivity (Wildman–Crippen MR) is 58.0 cm³/mol. The van der Waals surface area contributed by atoms with Gasteiger partial charge in [0.05, 0.1) is 17.1 Å². The van der Waals surface area contributed by atoms with Gasteiger partial charge in [0.25, 0.3) is 0 Å². The number of aryl methyl sites for hydroxylation is 1. The molecule has 0 aliphatic carbocycles. The number of rotatable bonds is 1. The highest BCUT2D eigenvalue weighted by Crippen LogP contribution is 2.22. The number of aromatic nitrogens is 2. The molecule has 2 nitrogen and oxygen atoms in total. The minimum atomic E-state index is 0.457. The van der Waals surface area contributed by atoms with Crippen LogP contribution < -0.4 is 0 Å². The summed E-state index contributed by atoms with van der Waals surface area (Å²) >= 11 is 9.20. The molecule has 2 rings (SSSR count). The van der Waals surface area contributed by atoms with Gasteiger partial charge in [-0.3, -0.25) is 4.68 Å². The van der Waals surface area contributed by atoms with Gasteiger partial charge in [-0.1, -0.05) is 15.9 Å². The molecule has 0 aliphatic rings. The second-order valence-corrected chi connectivity index (χ2v) is 4.05. The van der Waals surface area contributed by atoms with Crippen LogP contribution in [0.1, 0.15) is 5.69 Å². The first kappa shape index (κ1) is 9.03. The fourth-order valence-corrected chi connectivity index (χ4v) is 1.95. The zero-order valence-corrected chi connectivity index (χ0v) is 9.43. The Balaban J connectivity index is 2.80. The quantitative estimate of drug-likeness (QED) is 0.720. The molecule has 1 aromatic carbocycles. The highest BCUT2D eigenvalue weighted by molar-refractivity contribution is 9.10. The molecule has 68 valence electrons.